The van der Waals surface area contributed by atoms with E-state index in [0.717, 1.165) is 4.47 Å². The predicted molar refractivity (Wildman–Crippen MR) is 80.6 cm³/mol. The average molecular weight is 349 g/mol. The van der Waals surface area contributed by atoms with Gasteiger partial charge in [0.15, 0.2) is 6.04 Å². The van der Waals surface area contributed by atoms with Crippen molar-refractivity contribution in [3.8, 4) is 0 Å². The third-order valence-electron chi connectivity index (χ3n) is 2.84. The Balaban J connectivity index is 2.23. The molecule has 0 spiro atoms. The number of ether oxygens (including phenoxy) is 1. The standard InChI is InChI=1S/C15H13BrN2O3/c1-21-15(20)13(10-4-6-12(16)7-5-10)18-14(19)11-3-2-8-17-9-11/h2-9,13H,1H3,(H,18,19)/t13-/m1/s1. The molecule has 2 aromatic rings. The molecule has 0 unspecified atom stereocenters. The molecule has 0 radical (unpaired) electrons. The van der Waals surface area contributed by atoms with Crippen molar-refractivity contribution in [2.45, 2.75) is 6.04 Å². The molecule has 0 fully saturated rings. The van der Waals surface area contributed by atoms with Gasteiger partial charge in [0.2, 0.25) is 0 Å². The van der Waals surface area contributed by atoms with Crippen LogP contribution in [-0.2, 0) is 9.53 Å². The van der Waals surface area contributed by atoms with E-state index in [4.69, 9.17) is 4.74 Å². The second kappa shape index (κ2) is 6.99. The number of halogens is 1. The van der Waals surface area contributed by atoms with E-state index in [-0.39, 0.29) is 5.91 Å². The van der Waals surface area contributed by atoms with E-state index in [1.807, 2.05) is 0 Å². The molecule has 0 aliphatic heterocycles. The number of nitrogens with one attached hydrogen (secondary N) is 1. The monoisotopic (exact) mass is 348 g/mol. The predicted octanol–water partition coefficient (Wildman–Crippen LogP) is 2.49. The van der Waals surface area contributed by atoms with Gasteiger partial charge in [-0.15, -0.1) is 0 Å². The number of aromatic nitrogens is 1. The van der Waals surface area contributed by atoms with Crippen LogP contribution in [0.3, 0.4) is 0 Å². The maximum Gasteiger partial charge on any atom is 0.333 e. The van der Waals surface area contributed by atoms with E-state index in [9.17, 15) is 9.59 Å². The Hall–Kier alpha value is -2.21. The van der Waals surface area contributed by atoms with Gasteiger partial charge in [0, 0.05) is 16.9 Å². The molecular weight excluding hydrogens is 336 g/mol. The lowest BCUT2D eigenvalue weighted by atomic mass is 10.1. The zero-order chi connectivity index (χ0) is 15.2. The van der Waals surface area contributed by atoms with Crippen molar-refractivity contribution >= 4 is 27.8 Å². The number of hydrogen-bond acceptors (Lipinski definition) is 4. The van der Waals surface area contributed by atoms with Crippen LogP contribution in [-0.4, -0.2) is 24.0 Å². The number of amides is 1. The van der Waals surface area contributed by atoms with Crippen molar-refractivity contribution in [1.29, 1.82) is 0 Å². The van der Waals surface area contributed by atoms with Crippen LogP contribution in [0.5, 0.6) is 0 Å². The van der Waals surface area contributed by atoms with Crippen molar-refractivity contribution in [3.63, 3.8) is 0 Å². The largest absolute Gasteiger partial charge is 0.467 e. The first-order valence-corrected chi connectivity index (χ1v) is 6.95. The summed E-state index contributed by atoms with van der Waals surface area (Å²) < 4.78 is 5.64. The molecule has 1 heterocycles. The highest BCUT2D eigenvalue weighted by molar-refractivity contribution is 9.10. The van der Waals surface area contributed by atoms with Gasteiger partial charge in [0.25, 0.3) is 5.91 Å². The number of pyridine rings is 1. The van der Waals surface area contributed by atoms with Gasteiger partial charge in [-0.05, 0) is 29.8 Å². The van der Waals surface area contributed by atoms with E-state index in [1.54, 1.807) is 42.6 Å². The Morgan fingerprint density at radius 3 is 2.52 bits per heavy atom. The van der Waals surface area contributed by atoms with Crippen LogP contribution in [0, 0.1) is 0 Å². The van der Waals surface area contributed by atoms with Crippen LogP contribution < -0.4 is 5.32 Å². The fraction of sp³-hybridized carbons (Fsp3) is 0.133. The third kappa shape index (κ3) is 3.88. The lowest BCUT2D eigenvalue weighted by molar-refractivity contribution is -0.143. The van der Waals surface area contributed by atoms with E-state index < -0.39 is 12.0 Å². The SMILES string of the molecule is COC(=O)[C@H](NC(=O)c1cccnc1)c1ccc(Br)cc1. The first kappa shape index (κ1) is 15.2. The molecule has 1 amide bonds. The summed E-state index contributed by atoms with van der Waals surface area (Å²) >= 11 is 3.32. The Morgan fingerprint density at radius 2 is 1.95 bits per heavy atom. The quantitative estimate of drug-likeness (QED) is 0.862. The van der Waals surface area contributed by atoms with Gasteiger partial charge in [-0.2, -0.15) is 0 Å². The number of esters is 1. The molecular formula is C15H13BrN2O3. The normalized spacial score (nSPS) is 11.5. The van der Waals surface area contributed by atoms with Gasteiger partial charge in [-0.25, -0.2) is 4.79 Å². The summed E-state index contributed by atoms with van der Waals surface area (Å²) in [4.78, 5) is 27.9. The lowest BCUT2D eigenvalue weighted by Gasteiger charge is -2.17. The molecule has 1 aromatic heterocycles. The third-order valence-corrected chi connectivity index (χ3v) is 3.37. The number of carbonyl (C=O) groups is 2. The summed E-state index contributed by atoms with van der Waals surface area (Å²) in [6.45, 7) is 0. The molecule has 0 saturated carbocycles. The maximum atomic E-state index is 12.1. The Morgan fingerprint density at radius 1 is 1.24 bits per heavy atom. The van der Waals surface area contributed by atoms with Crippen molar-refractivity contribution < 1.29 is 14.3 Å². The average Bonchev–Trinajstić information content (AvgIpc) is 2.53. The van der Waals surface area contributed by atoms with E-state index in [2.05, 4.69) is 26.2 Å². The van der Waals surface area contributed by atoms with Crippen molar-refractivity contribution in [2.24, 2.45) is 0 Å². The number of hydrogen-bond donors (Lipinski definition) is 1. The number of rotatable bonds is 4. The summed E-state index contributed by atoms with van der Waals surface area (Å²) in [6, 6.07) is 9.49. The van der Waals surface area contributed by atoms with Gasteiger partial charge >= 0.3 is 5.97 Å². The van der Waals surface area contributed by atoms with Crippen molar-refractivity contribution in [1.82, 2.24) is 10.3 Å². The number of methoxy groups -OCH3 is 1. The second-order valence-electron chi connectivity index (χ2n) is 4.22. The van der Waals surface area contributed by atoms with Crippen LogP contribution in [0.1, 0.15) is 22.0 Å². The first-order valence-electron chi connectivity index (χ1n) is 6.16. The fourth-order valence-corrected chi connectivity index (χ4v) is 2.03. The van der Waals surface area contributed by atoms with Gasteiger partial charge in [0.1, 0.15) is 0 Å². The molecule has 6 heteroatoms. The first-order chi connectivity index (χ1) is 10.1. The van der Waals surface area contributed by atoms with Gasteiger partial charge < -0.3 is 10.1 Å². The van der Waals surface area contributed by atoms with E-state index in [0.29, 0.717) is 11.1 Å². The molecule has 1 atom stereocenters. The minimum Gasteiger partial charge on any atom is -0.467 e. The van der Waals surface area contributed by atoms with Crippen LogP contribution in [0.2, 0.25) is 0 Å². The van der Waals surface area contributed by atoms with Gasteiger partial charge in [-0.1, -0.05) is 28.1 Å². The maximum absolute atomic E-state index is 12.1. The molecule has 108 valence electrons. The van der Waals surface area contributed by atoms with E-state index >= 15 is 0 Å². The number of benzene rings is 1. The molecule has 0 aliphatic carbocycles. The van der Waals surface area contributed by atoms with Gasteiger partial charge in [-0.3, -0.25) is 9.78 Å². The molecule has 2 rings (SSSR count). The summed E-state index contributed by atoms with van der Waals surface area (Å²) in [5.74, 6) is -0.920. The molecule has 1 N–H and O–H groups in total. The number of carbonyl (C=O) groups excluding carboxylic acids is 2. The highest BCUT2D eigenvalue weighted by Gasteiger charge is 2.24. The topological polar surface area (TPSA) is 68.3 Å². The van der Waals surface area contributed by atoms with Gasteiger partial charge in [0.05, 0.1) is 12.7 Å². The minimum atomic E-state index is -0.865. The highest BCUT2D eigenvalue weighted by atomic mass is 79.9. The highest BCUT2D eigenvalue weighted by Crippen LogP contribution is 2.18. The van der Waals surface area contributed by atoms with Crippen molar-refractivity contribution in [3.05, 3.63) is 64.4 Å². The molecule has 0 bridgehead atoms. The van der Waals surface area contributed by atoms with Crippen LogP contribution in [0.25, 0.3) is 0 Å². The van der Waals surface area contributed by atoms with Crippen LogP contribution in [0.15, 0.2) is 53.3 Å². The number of nitrogens with zero attached hydrogens (tertiary/aromatic N) is 1. The zero-order valence-electron chi connectivity index (χ0n) is 11.2. The summed E-state index contributed by atoms with van der Waals surface area (Å²) in [6.07, 6.45) is 3.01. The molecule has 21 heavy (non-hydrogen) atoms. The summed E-state index contributed by atoms with van der Waals surface area (Å²) in [5.41, 5.74) is 1.02. The second-order valence-corrected chi connectivity index (χ2v) is 5.14. The van der Waals surface area contributed by atoms with Crippen LogP contribution >= 0.6 is 15.9 Å². The molecule has 5 nitrogen and oxygen atoms in total. The zero-order valence-corrected chi connectivity index (χ0v) is 12.8. The fourth-order valence-electron chi connectivity index (χ4n) is 1.76. The summed E-state index contributed by atoms with van der Waals surface area (Å²) in [5, 5.41) is 2.65. The Labute approximate surface area is 130 Å². The molecule has 0 saturated heterocycles. The smallest absolute Gasteiger partial charge is 0.333 e. The molecule has 0 aliphatic rings. The molecule has 1 aromatic carbocycles. The van der Waals surface area contributed by atoms with Crippen molar-refractivity contribution in [2.75, 3.05) is 7.11 Å². The Kier molecular flexibility index (Phi) is 5.05. The van der Waals surface area contributed by atoms with Crippen LogP contribution in [0.4, 0.5) is 0 Å². The van der Waals surface area contributed by atoms with E-state index in [1.165, 1.54) is 13.3 Å². The lowest BCUT2D eigenvalue weighted by Crippen LogP contribution is -2.34. The summed E-state index contributed by atoms with van der Waals surface area (Å²) in [7, 11) is 1.28. The minimum absolute atomic E-state index is 0.378. The Bertz CT molecular complexity index is 629.